The highest BCUT2D eigenvalue weighted by Crippen LogP contribution is 2.30. The molecule has 4 rings (SSSR count). The summed E-state index contributed by atoms with van der Waals surface area (Å²) >= 11 is 0. The average molecular weight is 344 g/mol. The summed E-state index contributed by atoms with van der Waals surface area (Å²) < 4.78 is 2.14. The molecule has 26 heavy (non-hydrogen) atoms. The normalized spacial score (nSPS) is 14.7. The minimum absolute atomic E-state index is 0.0199. The standard InChI is InChI=1S/C23H24N2O/c1-18-8-6-10-20(16-18)22(24-13-4-5-14-24)17-23(26)25-15-7-11-19-9-2-3-12-21(19)25/h2-6,8-10,12-14,16,22H,7,11,15,17H2,1H3/t22-/m0/s1. The minimum Gasteiger partial charge on any atom is -0.346 e. The largest absolute Gasteiger partial charge is 0.346 e. The summed E-state index contributed by atoms with van der Waals surface area (Å²) in [6, 6.07) is 20.8. The Bertz CT molecular complexity index is 898. The number of nitrogens with zero attached hydrogens (tertiary/aromatic N) is 2. The second-order valence-corrected chi connectivity index (χ2v) is 7.04. The summed E-state index contributed by atoms with van der Waals surface area (Å²) in [5, 5.41) is 0. The summed E-state index contributed by atoms with van der Waals surface area (Å²) in [7, 11) is 0. The minimum atomic E-state index is 0.0199. The topological polar surface area (TPSA) is 25.2 Å². The molecule has 0 N–H and O–H groups in total. The van der Waals surface area contributed by atoms with Crippen LogP contribution in [0.15, 0.2) is 73.1 Å². The van der Waals surface area contributed by atoms with Crippen molar-refractivity contribution in [3.63, 3.8) is 0 Å². The van der Waals surface area contributed by atoms with Gasteiger partial charge in [-0.1, -0.05) is 48.0 Å². The number of carbonyl (C=O) groups is 1. The molecule has 0 aliphatic carbocycles. The number of para-hydroxylation sites is 1. The molecule has 1 amide bonds. The molecule has 1 aliphatic heterocycles. The fourth-order valence-electron chi connectivity index (χ4n) is 3.90. The van der Waals surface area contributed by atoms with E-state index in [-0.39, 0.29) is 11.9 Å². The molecule has 0 unspecified atom stereocenters. The van der Waals surface area contributed by atoms with Crippen LogP contribution in [0, 0.1) is 6.92 Å². The zero-order chi connectivity index (χ0) is 17.9. The Balaban J connectivity index is 1.64. The number of hydrogen-bond donors (Lipinski definition) is 0. The Morgan fingerprint density at radius 1 is 1.04 bits per heavy atom. The molecule has 0 fully saturated rings. The fraction of sp³-hybridized carbons (Fsp3) is 0.261. The third-order valence-electron chi connectivity index (χ3n) is 5.19. The molecule has 3 aromatic rings. The molecular weight excluding hydrogens is 320 g/mol. The van der Waals surface area contributed by atoms with Crippen molar-refractivity contribution in [3.8, 4) is 0 Å². The first-order valence-corrected chi connectivity index (χ1v) is 9.29. The number of aromatic nitrogens is 1. The second-order valence-electron chi connectivity index (χ2n) is 7.04. The van der Waals surface area contributed by atoms with Crippen molar-refractivity contribution in [1.29, 1.82) is 0 Å². The lowest BCUT2D eigenvalue weighted by Crippen LogP contribution is -2.36. The number of carbonyl (C=O) groups excluding carboxylic acids is 1. The van der Waals surface area contributed by atoms with E-state index in [0.717, 1.165) is 25.1 Å². The van der Waals surface area contributed by atoms with E-state index in [0.29, 0.717) is 6.42 Å². The van der Waals surface area contributed by atoms with E-state index in [2.05, 4.69) is 54.0 Å². The summed E-state index contributed by atoms with van der Waals surface area (Å²) in [5.41, 5.74) is 4.76. The molecule has 0 bridgehead atoms. The van der Waals surface area contributed by atoms with Gasteiger partial charge in [0.1, 0.15) is 0 Å². The quantitative estimate of drug-likeness (QED) is 0.670. The maximum Gasteiger partial charge on any atom is 0.229 e. The molecule has 0 saturated heterocycles. The number of benzene rings is 2. The predicted molar refractivity (Wildman–Crippen MR) is 105 cm³/mol. The van der Waals surface area contributed by atoms with Gasteiger partial charge < -0.3 is 9.47 Å². The highest BCUT2D eigenvalue weighted by Gasteiger charge is 2.26. The number of hydrogen-bond acceptors (Lipinski definition) is 1. The van der Waals surface area contributed by atoms with Gasteiger partial charge in [-0.15, -0.1) is 0 Å². The van der Waals surface area contributed by atoms with E-state index in [4.69, 9.17) is 0 Å². The summed E-state index contributed by atoms with van der Waals surface area (Å²) in [6.07, 6.45) is 6.64. The highest BCUT2D eigenvalue weighted by atomic mass is 16.2. The van der Waals surface area contributed by atoms with E-state index >= 15 is 0 Å². The molecule has 2 aromatic carbocycles. The van der Waals surface area contributed by atoms with Crippen molar-refractivity contribution in [2.75, 3.05) is 11.4 Å². The smallest absolute Gasteiger partial charge is 0.229 e. The van der Waals surface area contributed by atoms with Gasteiger partial charge in [0.25, 0.3) is 0 Å². The molecular formula is C23H24N2O. The van der Waals surface area contributed by atoms with Crippen LogP contribution in [0.4, 0.5) is 5.69 Å². The maximum atomic E-state index is 13.2. The van der Waals surface area contributed by atoms with Gasteiger partial charge in [0.05, 0.1) is 12.5 Å². The van der Waals surface area contributed by atoms with Gasteiger partial charge in [-0.3, -0.25) is 4.79 Å². The Morgan fingerprint density at radius 2 is 1.85 bits per heavy atom. The predicted octanol–water partition coefficient (Wildman–Crippen LogP) is 4.76. The molecule has 0 spiro atoms. The lowest BCUT2D eigenvalue weighted by atomic mass is 9.98. The molecule has 0 saturated carbocycles. The van der Waals surface area contributed by atoms with E-state index in [9.17, 15) is 4.79 Å². The van der Waals surface area contributed by atoms with E-state index in [1.165, 1.54) is 16.7 Å². The molecule has 3 nitrogen and oxygen atoms in total. The molecule has 2 heterocycles. The van der Waals surface area contributed by atoms with Crippen LogP contribution in [0.25, 0.3) is 0 Å². The van der Waals surface area contributed by atoms with Gasteiger partial charge in [0, 0.05) is 24.6 Å². The first kappa shape index (κ1) is 16.6. The third kappa shape index (κ3) is 3.30. The van der Waals surface area contributed by atoms with Gasteiger partial charge >= 0.3 is 0 Å². The number of amides is 1. The van der Waals surface area contributed by atoms with Gasteiger partial charge in [-0.05, 0) is 49.1 Å². The Morgan fingerprint density at radius 3 is 2.65 bits per heavy atom. The van der Waals surface area contributed by atoms with Crippen LogP contribution in [-0.4, -0.2) is 17.0 Å². The van der Waals surface area contributed by atoms with Crippen LogP contribution in [-0.2, 0) is 11.2 Å². The zero-order valence-electron chi connectivity index (χ0n) is 15.1. The van der Waals surface area contributed by atoms with E-state index < -0.39 is 0 Å². The Hall–Kier alpha value is -2.81. The average Bonchev–Trinajstić information content (AvgIpc) is 3.20. The number of aryl methyl sites for hydroxylation is 2. The summed E-state index contributed by atoms with van der Waals surface area (Å²) in [5.74, 6) is 0.192. The van der Waals surface area contributed by atoms with Crippen molar-refractivity contribution < 1.29 is 4.79 Å². The lowest BCUT2D eigenvalue weighted by Gasteiger charge is -2.31. The number of fused-ring (bicyclic) bond motifs is 1. The molecule has 3 heteroatoms. The Labute approximate surface area is 154 Å². The van der Waals surface area contributed by atoms with Gasteiger partial charge in [-0.25, -0.2) is 0 Å². The Kier molecular flexibility index (Phi) is 4.61. The van der Waals surface area contributed by atoms with Gasteiger partial charge in [0.2, 0.25) is 5.91 Å². The van der Waals surface area contributed by atoms with E-state index in [1.54, 1.807) is 0 Å². The van der Waals surface area contributed by atoms with Crippen LogP contribution in [0.1, 0.15) is 35.6 Å². The third-order valence-corrected chi connectivity index (χ3v) is 5.19. The van der Waals surface area contributed by atoms with Crippen LogP contribution >= 0.6 is 0 Å². The molecule has 132 valence electrons. The molecule has 1 atom stereocenters. The van der Waals surface area contributed by atoms with Crippen molar-refractivity contribution in [3.05, 3.63) is 89.7 Å². The number of anilines is 1. The zero-order valence-corrected chi connectivity index (χ0v) is 15.1. The second kappa shape index (κ2) is 7.20. The van der Waals surface area contributed by atoms with E-state index in [1.807, 2.05) is 35.5 Å². The van der Waals surface area contributed by atoms with Crippen LogP contribution in [0.2, 0.25) is 0 Å². The molecule has 1 aromatic heterocycles. The van der Waals surface area contributed by atoms with Crippen LogP contribution in [0.5, 0.6) is 0 Å². The van der Waals surface area contributed by atoms with Crippen LogP contribution < -0.4 is 4.90 Å². The van der Waals surface area contributed by atoms with Gasteiger partial charge in [-0.2, -0.15) is 0 Å². The van der Waals surface area contributed by atoms with Crippen molar-refractivity contribution in [2.24, 2.45) is 0 Å². The van der Waals surface area contributed by atoms with Crippen molar-refractivity contribution >= 4 is 11.6 Å². The SMILES string of the molecule is Cc1cccc([C@H](CC(=O)N2CCCc3ccccc32)n2cccc2)c1. The van der Waals surface area contributed by atoms with Crippen molar-refractivity contribution in [2.45, 2.75) is 32.2 Å². The first-order chi connectivity index (χ1) is 12.7. The van der Waals surface area contributed by atoms with Gasteiger partial charge in [0.15, 0.2) is 0 Å². The van der Waals surface area contributed by atoms with Crippen molar-refractivity contribution in [1.82, 2.24) is 4.57 Å². The maximum absolute atomic E-state index is 13.2. The summed E-state index contributed by atoms with van der Waals surface area (Å²) in [6.45, 7) is 2.90. The number of rotatable bonds is 4. The summed E-state index contributed by atoms with van der Waals surface area (Å²) in [4.78, 5) is 15.2. The monoisotopic (exact) mass is 344 g/mol. The van der Waals surface area contributed by atoms with Crippen LogP contribution in [0.3, 0.4) is 0 Å². The lowest BCUT2D eigenvalue weighted by molar-refractivity contribution is -0.119. The highest BCUT2D eigenvalue weighted by molar-refractivity contribution is 5.95. The first-order valence-electron chi connectivity index (χ1n) is 9.29. The molecule has 0 radical (unpaired) electrons. The fourth-order valence-corrected chi connectivity index (χ4v) is 3.90. The molecule has 1 aliphatic rings.